The van der Waals surface area contributed by atoms with Crippen molar-refractivity contribution in [2.24, 2.45) is 5.92 Å². The zero-order valence-corrected chi connectivity index (χ0v) is 11.2. The number of piperazine rings is 1. The lowest BCUT2D eigenvalue weighted by molar-refractivity contribution is -0.132. The van der Waals surface area contributed by atoms with Crippen LogP contribution in [0.3, 0.4) is 0 Å². The highest BCUT2D eigenvalue weighted by Crippen LogP contribution is 2.19. The first-order valence-electron chi connectivity index (χ1n) is 6.87. The van der Waals surface area contributed by atoms with Crippen molar-refractivity contribution >= 4 is 11.8 Å². The van der Waals surface area contributed by atoms with E-state index in [0.717, 1.165) is 25.8 Å². The molecular formula is C13H23N3O2. The number of nitrogens with zero attached hydrogens (tertiary/aromatic N) is 1. The predicted octanol–water partition coefficient (Wildman–Crippen LogP) is 0.112. The van der Waals surface area contributed by atoms with Crippen molar-refractivity contribution < 1.29 is 9.59 Å². The van der Waals surface area contributed by atoms with E-state index in [0.29, 0.717) is 25.0 Å². The fourth-order valence-corrected chi connectivity index (χ4v) is 2.34. The van der Waals surface area contributed by atoms with Gasteiger partial charge in [-0.25, -0.2) is 0 Å². The first-order valence-corrected chi connectivity index (χ1v) is 6.87. The number of nitrogens with one attached hydrogen (secondary N) is 2. The summed E-state index contributed by atoms with van der Waals surface area (Å²) in [7, 11) is 0. The summed E-state index contributed by atoms with van der Waals surface area (Å²) < 4.78 is 0. The van der Waals surface area contributed by atoms with Crippen LogP contribution < -0.4 is 10.6 Å². The molecule has 2 rings (SSSR count). The average Bonchev–Trinajstić information content (AvgIpc) is 3.06. The lowest BCUT2D eigenvalue weighted by Gasteiger charge is -2.35. The highest BCUT2D eigenvalue weighted by atomic mass is 16.2. The quantitative estimate of drug-likeness (QED) is 0.731. The number of carbonyl (C=O) groups excluding carboxylic acids is 2. The molecule has 1 heterocycles. The Labute approximate surface area is 108 Å². The summed E-state index contributed by atoms with van der Waals surface area (Å²) in [5.74, 6) is 0.572. The molecule has 2 fully saturated rings. The third-order valence-electron chi connectivity index (χ3n) is 3.43. The number of hydrogen-bond acceptors (Lipinski definition) is 3. The number of carbonyl (C=O) groups is 2. The van der Waals surface area contributed by atoms with Gasteiger partial charge >= 0.3 is 0 Å². The van der Waals surface area contributed by atoms with Crippen molar-refractivity contribution in [2.75, 3.05) is 19.6 Å². The first kappa shape index (κ1) is 13.3. The Balaban J connectivity index is 1.89. The van der Waals surface area contributed by atoms with E-state index < -0.39 is 0 Å². The van der Waals surface area contributed by atoms with Crippen LogP contribution in [0, 0.1) is 5.92 Å². The molecule has 0 unspecified atom stereocenters. The van der Waals surface area contributed by atoms with Crippen molar-refractivity contribution in [3.8, 4) is 0 Å². The summed E-state index contributed by atoms with van der Waals surface area (Å²) in [6.07, 6.45) is 3.01. The van der Waals surface area contributed by atoms with Crippen LogP contribution in [-0.2, 0) is 9.59 Å². The van der Waals surface area contributed by atoms with E-state index in [1.54, 1.807) is 0 Å². The van der Waals surface area contributed by atoms with Crippen LogP contribution in [0.25, 0.3) is 0 Å². The molecule has 102 valence electrons. The molecule has 1 aliphatic heterocycles. The summed E-state index contributed by atoms with van der Waals surface area (Å²) in [5, 5.41) is 5.86. The second kappa shape index (κ2) is 5.69. The van der Waals surface area contributed by atoms with Gasteiger partial charge in [0.05, 0.1) is 12.6 Å². The smallest absolute Gasteiger partial charge is 0.237 e. The van der Waals surface area contributed by atoms with Crippen LogP contribution in [-0.4, -0.2) is 48.4 Å². The summed E-state index contributed by atoms with van der Waals surface area (Å²) >= 11 is 0. The van der Waals surface area contributed by atoms with Crippen molar-refractivity contribution in [3.63, 3.8) is 0 Å². The molecule has 1 saturated heterocycles. The second-order valence-corrected chi connectivity index (χ2v) is 5.75. The van der Waals surface area contributed by atoms with Crippen LogP contribution >= 0.6 is 0 Å². The SMILES string of the molecule is CC(C)C[C@@H]1C(=O)NCCN1CC(=O)NC1CC1. The molecule has 0 aromatic carbocycles. The molecule has 0 aromatic heterocycles. The van der Waals surface area contributed by atoms with Crippen LogP contribution in [0.4, 0.5) is 0 Å². The van der Waals surface area contributed by atoms with E-state index in [-0.39, 0.29) is 17.9 Å². The van der Waals surface area contributed by atoms with Gasteiger partial charge in [0.15, 0.2) is 0 Å². The average molecular weight is 253 g/mol. The van der Waals surface area contributed by atoms with Crippen molar-refractivity contribution in [1.82, 2.24) is 15.5 Å². The Morgan fingerprint density at radius 2 is 2.22 bits per heavy atom. The minimum atomic E-state index is -0.149. The molecule has 18 heavy (non-hydrogen) atoms. The largest absolute Gasteiger partial charge is 0.353 e. The van der Waals surface area contributed by atoms with Crippen LogP contribution in [0.2, 0.25) is 0 Å². The third kappa shape index (κ3) is 3.70. The molecule has 0 bridgehead atoms. The molecule has 5 heteroatoms. The Morgan fingerprint density at radius 3 is 2.83 bits per heavy atom. The normalized spacial score (nSPS) is 25.1. The molecule has 2 amide bonds. The van der Waals surface area contributed by atoms with E-state index in [1.807, 2.05) is 4.90 Å². The molecule has 1 atom stereocenters. The maximum Gasteiger partial charge on any atom is 0.237 e. The zero-order valence-electron chi connectivity index (χ0n) is 11.2. The number of amides is 2. The summed E-state index contributed by atoms with van der Waals surface area (Å²) in [5.41, 5.74) is 0. The number of rotatable bonds is 5. The standard InChI is InChI=1S/C13H23N3O2/c1-9(2)7-11-13(18)14-5-6-16(11)8-12(17)15-10-3-4-10/h9-11H,3-8H2,1-2H3,(H,14,18)(H,15,17)/t11-/m1/s1. The first-order chi connectivity index (χ1) is 8.56. The second-order valence-electron chi connectivity index (χ2n) is 5.75. The highest BCUT2D eigenvalue weighted by molar-refractivity contribution is 5.84. The van der Waals surface area contributed by atoms with Gasteiger partial charge in [0.1, 0.15) is 0 Å². The van der Waals surface area contributed by atoms with Crippen LogP contribution in [0.15, 0.2) is 0 Å². The van der Waals surface area contributed by atoms with Crippen molar-refractivity contribution in [2.45, 2.75) is 45.2 Å². The summed E-state index contributed by atoms with van der Waals surface area (Å²) in [6, 6.07) is 0.239. The van der Waals surface area contributed by atoms with Crippen LogP contribution in [0.1, 0.15) is 33.1 Å². The van der Waals surface area contributed by atoms with Crippen molar-refractivity contribution in [1.29, 1.82) is 0 Å². The molecule has 2 aliphatic rings. The van der Waals surface area contributed by atoms with E-state index in [4.69, 9.17) is 0 Å². The Morgan fingerprint density at radius 1 is 1.50 bits per heavy atom. The Kier molecular flexibility index (Phi) is 4.22. The predicted molar refractivity (Wildman–Crippen MR) is 69.0 cm³/mol. The monoisotopic (exact) mass is 253 g/mol. The summed E-state index contributed by atoms with van der Waals surface area (Å²) in [6.45, 7) is 5.96. The molecule has 5 nitrogen and oxygen atoms in total. The fourth-order valence-electron chi connectivity index (χ4n) is 2.34. The molecule has 0 aromatic rings. The summed E-state index contributed by atoms with van der Waals surface area (Å²) in [4.78, 5) is 25.7. The molecule has 2 N–H and O–H groups in total. The van der Waals surface area contributed by atoms with Crippen LogP contribution in [0.5, 0.6) is 0 Å². The van der Waals surface area contributed by atoms with Gasteiger partial charge in [-0.3, -0.25) is 14.5 Å². The fraction of sp³-hybridized carbons (Fsp3) is 0.846. The van der Waals surface area contributed by atoms with Crippen molar-refractivity contribution in [3.05, 3.63) is 0 Å². The minimum Gasteiger partial charge on any atom is -0.353 e. The highest BCUT2D eigenvalue weighted by Gasteiger charge is 2.32. The Hall–Kier alpha value is -1.10. The molecule has 0 radical (unpaired) electrons. The molecule has 1 saturated carbocycles. The van der Waals surface area contributed by atoms with Gasteiger partial charge < -0.3 is 10.6 Å². The minimum absolute atomic E-state index is 0.0564. The van der Waals surface area contributed by atoms with E-state index in [2.05, 4.69) is 24.5 Å². The van der Waals surface area contributed by atoms with Gasteiger partial charge in [-0.15, -0.1) is 0 Å². The topological polar surface area (TPSA) is 61.4 Å². The lowest BCUT2D eigenvalue weighted by atomic mass is 10.00. The molecule has 1 aliphatic carbocycles. The van der Waals surface area contributed by atoms with Gasteiger partial charge in [0.25, 0.3) is 0 Å². The molecule has 0 spiro atoms. The van der Waals surface area contributed by atoms with E-state index in [1.165, 1.54) is 0 Å². The molecular weight excluding hydrogens is 230 g/mol. The zero-order chi connectivity index (χ0) is 13.1. The number of hydrogen-bond donors (Lipinski definition) is 2. The van der Waals surface area contributed by atoms with Gasteiger partial charge in [0.2, 0.25) is 11.8 Å². The van der Waals surface area contributed by atoms with E-state index in [9.17, 15) is 9.59 Å². The van der Waals surface area contributed by atoms with E-state index >= 15 is 0 Å². The van der Waals surface area contributed by atoms with Gasteiger partial charge in [-0.2, -0.15) is 0 Å². The van der Waals surface area contributed by atoms with Gasteiger partial charge in [-0.05, 0) is 25.2 Å². The van der Waals surface area contributed by atoms with Gasteiger partial charge in [0, 0.05) is 19.1 Å². The Bertz CT molecular complexity index is 326. The third-order valence-corrected chi connectivity index (χ3v) is 3.43. The maximum absolute atomic E-state index is 11.9. The lowest BCUT2D eigenvalue weighted by Crippen LogP contribution is -2.57. The van der Waals surface area contributed by atoms with Gasteiger partial charge in [-0.1, -0.05) is 13.8 Å². The maximum atomic E-state index is 11.9.